The molecule has 0 aliphatic rings. The number of aryl methyl sites for hydroxylation is 1. The zero-order valence-electron chi connectivity index (χ0n) is 17.5. The number of carboxylic acids is 1. The van der Waals surface area contributed by atoms with Crippen molar-refractivity contribution in [3.8, 4) is 17.2 Å². The highest BCUT2D eigenvalue weighted by atomic mass is 32.1. The van der Waals surface area contributed by atoms with Crippen molar-refractivity contribution in [1.82, 2.24) is 4.98 Å². The van der Waals surface area contributed by atoms with Crippen LogP contribution >= 0.6 is 11.3 Å². The summed E-state index contributed by atoms with van der Waals surface area (Å²) in [6.07, 6.45) is 0.804. The summed E-state index contributed by atoms with van der Waals surface area (Å²) in [6.45, 7) is 6.24. The van der Waals surface area contributed by atoms with E-state index in [-0.39, 0.29) is 6.10 Å². The minimum atomic E-state index is -0.944. The molecular formula is C23H27NO5S. The molecule has 0 bridgehead atoms. The van der Waals surface area contributed by atoms with Gasteiger partial charge in [0.15, 0.2) is 6.10 Å². The number of hydrogen-bond donors (Lipinski definition) is 1. The van der Waals surface area contributed by atoms with Crippen molar-refractivity contribution in [2.75, 3.05) is 6.61 Å². The molecule has 0 aliphatic heterocycles. The predicted molar refractivity (Wildman–Crippen MR) is 116 cm³/mol. The number of ether oxygens (including phenoxy) is 2. The molecule has 0 fully saturated rings. The summed E-state index contributed by atoms with van der Waals surface area (Å²) >= 11 is 1.61. The third-order valence-corrected chi connectivity index (χ3v) is 5.54. The van der Waals surface area contributed by atoms with Crippen LogP contribution in [0.15, 0.2) is 45.5 Å². The molecule has 7 heteroatoms. The SMILES string of the molecule is CCC(C)OC(Cc1ccc(OCCc2nc(-c3ccsc3)oc2C)cc1)C(=O)O. The van der Waals surface area contributed by atoms with Gasteiger partial charge in [-0.15, -0.1) is 0 Å². The van der Waals surface area contributed by atoms with Gasteiger partial charge in [0.05, 0.1) is 18.4 Å². The third kappa shape index (κ3) is 5.93. The lowest BCUT2D eigenvalue weighted by atomic mass is 10.1. The Morgan fingerprint density at radius 2 is 2.03 bits per heavy atom. The highest BCUT2D eigenvalue weighted by Gasteiger charge is 2.21. The van der Waals surface area contributed by atoms with Crippen molar-refractivity contribution in [2.45, 2.75) is 52.2 Å². The van der Waals surface area contributed by atoms with Crippen LogP contribution in [0, 0.1) is 6.92 Å². The second-order valence-electron chi connectivity index (χ2n) is 7.16. The van der Waals surface area contributed by atoms with Crippen LogP contribution in [0.1, 0.15) is 37.3 Å². The molecule has 2 atom stereocenters. The van der Waals surface area contributed by atoms with E-state index in [1.807, 2.05) is 61.9 Å². The topological polar surface area (TPSA) is 81.8 Å². The number of aromatic nitrogens is 1. The Morgan fingerprint density at radius 3 is 2.67 bits per heavy atom. The molecular weight excluding hydrogens is 402 g/mol. The fourth-order valence-electron chi connectivity index (χ4n) is 2.94. The molecule has 160 valence electrons. The molecule has 1 aromatic carbocycles. The number of carbonyl (C=O) groups is 1. The number of nitrogens with zero attached hydrogens (tertiary/aromatic N) is 1. The highest BCUT2D eigenvalue weighted by Crippen LogP contribution is 2.24. The average molecular weight is 430 g/mol. The summed E-state index contributed by atoms with van der Waals surface area (Å²) in [5, 5.41) is 13.4. The number of benzene rings is 1. The number of thiophene rings is 1. The van der Waals surface area contributed by atoms with Gasteiger partial charge in [0.1, 0.15) is 11.5 Å². The monoisotopic (exact) mass is 429 g/mol. The minimum Gasteiger partial charge on any atom is -0.493 e. The summed E-state index contributed by atoms with van der Waals surface area (Å²) in [7, 11) is 0. The first-order chi connectivity index (χ1) is 14.5. The van der Waals surface area contributed by atoms with Crippen LogP contribution in [0.5, 0.6) is 5.75 Å². The Balaban J connectivity index is 1.52. The van der Waals surface area contributed by atoms with Gasteiger partial charge in [0, 0.05) is 23.8 Å². The second-order valence-corrected chi connectivity index (χ2v) is 7.94. The summed E-state index contributed by atoms with van der Waals surface area (Å²) in [4.78, 5) is 16.0. The van der Waals surface area contributed by atoms with Gasteiger partial charge < -0.3 is 19.0 Å². The Hall–Kier alpha value is -2.64. The molecule has 3 aromatic rings. The van der Waals surface area contributed by atoms with Gasteiger partial charge in [0.25, 0.3) is 0 Å². The van der Waals surface area contributed by atoms with Crippen molar-refractivity contribution in [3.05, 3.63) is 58.1 Å². The Labute approximate surface area is 180 Å². The lowest BCUT2D eigenvalue weighted by Crippen LogP contribution is -2.30. The second kappa shape index (κ2) is 10.4. The van der Waals surface area contributed by atoms with E-state index in [0.717, 1.165) is 34.8 Å². The summed E-state index contributed by atoms with van der Waals surface area (Å²) in [5.74, 6) is 1.23. The summed E-state index contributed by atoms with van der Waals surface area (Å²) in [5.41, 5.74) is 2.77. The molecule has 0 saturated carbocycles. The molecule has 2 aromatic heterocycles. The first-order valence-electron chi connectivity index (χ1n) is 10.0. The van der Waals surface area contributed by atoms with Gasteiger partial charge in [-0.05, 0) is 49.4 Å². The predicted octanol–water partition coefficient (Wildman–Crippen LogP) is 5.14. The van der Waals surface area contributed by atoms with Gasteiger partial charge in [-0.2, -0.15) is 11.3 Å². The molecule has 6 nitrogen and oxygen atoms in total. The smallest absolute Gasteiger partial charge is 0.333 e. The van der Waals surface area contributed by atoms with E-state index in [2.05, 4.69) is 4.98 Å². The average Bonchev–Trinajstić information content (AvgIpc) is 3.38. The zero-order chi connectivity index (χ0) is 21.5. The van der Waals surface area contributed by atoms with Crippen molar-refractivity contribution in [2.24, 2.45) is 0 Å². The van der Waals surface area contributed by atoms with E-state index >= 15 is 0 Å². The molecule has 2 heterocycles. The maximum absolute atomic E-state index is 11.4. The fourth-order valence-corrected chi connectivity index (χ4v) is 3.57. The highest BCUT2D eigenvalue weighted by molar-refractivity contribution is 7.08. The zero-order valence-corrected chi connectivity index (χ0v) is 18.3. The van der Waals surface area contributed by atoms with Gasteiger partial charge in [-0.25, -0.2) is 9.78 Å². The normalized spacial score (nSPS) is 13.2. The molecule has 30 heavy (non-hydrogen) atoms. The van der Waals surface area contributed by atoms with Crippen LogP contribution in [0.2, 0.25) is 0 Å². The summed E-state index contributed by atoms with van der Waals surface area (Å²) in [6, 6.07) is 9.44. The molecule has 3 rings (SSSR count). The van der Waals surface area contributed by atoms with Crippen LogP contribution in [0.3, 0.4) is 0 Å². The van der Waals surface area contributed by atoms with Gasteiger partial charge in [-0.1, -0.05) is 19.1 Å². The maximum atomic E-state index is 11.4. The van der Waals surface area contributed by atoms with E-state index in [1.165, 1.54) is 0 Å². The van der Waals surface area contributed by atoms with Crippen molar-refractivity contribution >= 4 is 17.3 Å². The molecule has 0 saturated heterocycles. The Kier molecular flexibility index (Phi) is 7.65. The standard InChI is InChI=1S/C23H27NO5S/c1-4-15(2)28-21(23(25)26)13-17-5-7-19(8-6-17)27-11-9-20-16(3)29-22(24-20)18-10-12-30-14-18/h5-8,10,12,14-15,21H,4,9,11,13H2,1-3H3,(H,25,26). The fraction of sp³-hybridized carbons (Fsp3) is 0.391. The molecule has 0 spiro atoms. The lowest BCUT2D eigenvalue weighted by molar-refractivity contribution is -0.153. The van der Waals surface area contributed by atoms with Crippen LogP contribution in [-0.4, -0.2) is 34.9 Å². The molecule has 0 radical (unpaired) electrons. The quantitative estimate of drug-likeness (QED) is 0.454. The first-order valence-corrected chi connectivity index (χ1v) is 11.0. The molecule has 1 N–H and O–H groups in total. The third-order valence-electron chi connectivity index (χ3n) is 4.86. The summed E-state index contributed by atoms with van der Waals surface area (Å²) < 4.78 is 17.2. The van der Waals surface area contributed by atoms with E-state index in [1.54, 1.807) is 11.3 Å². The maximum Gasteiger partial charge on any atom is 0.333 e. The number of hydrogen-bond acceptors (Lipinski definition) is 6. The van der Waals surface area contributed by atoms with Crippen molar-refractivity contribution in [1.29, 1.82) is 0 Å². The number of rotatable bonds is 11. The molecule has 2 unspecified atom stereocenters. The van der Waals surface area contributed by atoms with Crippen LogP contribution in [0.25, 0.3) is 11.5 Å². The number of aliphatic carboxylic acids is 1. The van der Waals surface area contributed by atoms with Crippen LogP contribution < -0.4 is 4.74 Å². The largest absolute Gasteiger partial charge is 0.493 e. The van der Waals surface area contributed by atoms with Crippen LogP contribution in [-0.2, 0) is 22.4 Å². The van der Waals surface area contributed by atoms with Gasteiger partial charge in [-0.3, -0.25) is 0 Å². The number of carboxylic acid groups (broad SMARTS) is 1. The van der Waals surface area contributed by atoms with E-state index in [4.69, 9.17) is 13.9 Å². The Bertz CT molecular complexity index is 933. The number of oxazole rings is 1. The van der Waals surface area contributed by atoms with Crippen LogP contribution in [0.4, 0.5) is 0 Å². The van der Waals surface area contributed by atoms with Crippen molar-refractivity contribution < 1.29 is 23.8 Å². The van der Waals surface area contributed by atoms with Crippen molar-refractivity contribution in [3.63, 3.8) is 0 Å². The van der Waals surface area contributed by atoms with E-state index < -0.39 is 12.1 Å². The Morgan fingerprint density at radius 1 is 1.27 bits per heavy atom. The lowest BCUT2D eigenvalue weighted by Gasteiger charge is -2.18. The van der Waals surface area contributed by atoms with Gasteiger partial charge in [0.2, 0.25) is 5.89 Å². The molecule has 0 amide bonds. The minimum absolute atomic E-state index is 0.0889. The van der Waals surface area contributed by atoms with Gasteiger partial charge >= 0.3 is 5.97 Å². The van der Waals surface area contributed by atoms with E-state index in [0.29, 0.717) is 25.3 Å². The molecule has 0 aliphatic carbocycles. The van der Waals surface area contributed by atoms with E-state index in [9.17, 15) is 9.90 Å². The first kappa shape index (κ1) is 22.1.